The van der Waals surface area contributed by atoms with Crippen molar-refractivity contribution < 1.29 is 17.9 Å². The maximum atomic E-state index is 11.7. The van der Waals surface area contributed by atoms with Gasteiger partial charge in [-0.25, -0.2) is 22.9 Å². The molecular formula is C17H28IN5O4S. The van der Waals surface area contributed by atoms with Gasteiger partial charge in [0, 0.05) is 19.1 Å². The molecule has 4 N–H and O–H groups in total. The minimum Gasteiger partial charge on any atom is -0.450 e. The van der Waals surface area contributed by atoms with Crippen molar-refractivity contribution in [2.45, 2.75) is 37.2 Å². The second-order valence-electron chi connectivity index (χ2n) is 6.16. The molecule has 1 aliphatic rings. The lowest BCUT2D eigenvalue weighted by molar-refractivity contribution is 0.0963. The third kappa shape index (κ3) is 7.09. The summed E-state index contributed by atoms with van der Waals surface area (Å²) in [6.45, 7) is 3.74. The van der Waals surface area contributed by atoms with Crippen LogP contribution in [-0.2, 0) is 21.3 Å². The Morgan fingerprint density at radius 3 is 2.43 bits per heavy atom. The molecule has 0 atom stereocenters. The summed E-state index contributed by atoms with van der Waals surface area (Å²) in [5.74, 6) is 0.330. The molecule has 1 fully saturated rings. The number of guanidine groups is 1. The van der Waals surface area contributed by atoms with Gasteiger partial charge in [0.1, 0.15) is 0 Å². The summed E-state index contributed by atoms with van der Waals surface area (Å²) in [6.07, 6.45) is 1.26. The monoisotopic (exact) mass is 525 g/mol. The molecule has 1 saturated heterocycles. The molecule has 0 radical (unpaired) electrons. The number of halogens is 1. The number of benzene rings is 1. The molecule has 1 heterocycles. The van der Waals surface area contributed by atoms with Crippen molar-refractivity contribution in [1.82, 2.24) is 14.9 Å². The van der Waals surface area contributed by atoms with E-state index >= 15 is 0 Å². The summed E-state index contributed by atoms with van der Waals surface area (Å²) in [6, 6.07) is 6.64. The Kier molecular flexibility index (Phi) is 9.96. The SMILES string of the molecule is CCOC(=O)N1CCC(NC(N)=NCc2ccc(S(=O)(=O)NC)cc2)CC1.I. The minimum absolute atomic E-state index is 0. The van der Waals surface area contributed by atoms with Crippen LogP contribution in [0.4, 0.5) is 4.79 Å². The molecule has 1 aromatic carbocycles. The van der Waals surface area contributed by atoms with Crippen molar-refractivity contribution in [2.75, 3.05) is 26.7 Å². The van der Waals surface area contributed by atoms with E-state index in [1.165, 1.54) is 19.2 Å². The number of nitrogens with zero attached hydrogens (tertiary/aromatic N) is 2. The molecular weight excluding hydrogens is 497 g/mol. The van der Waals surface area contributed by atoms with Gasteiger partial charge in [-0.2, -0.15) is 0 Å². The van der Waals surface area contributed by atoms with Gasteiger partial charge in [-0.3, -0.25) is 0 Å². The number of piperidine rings is 1. The van der Waals surface area contributed by atoms with E-state index in [1.807, 2.05) is 0 Å². The minimum atomic E-state index is -3.44. The summed E-state index contributed by atoms with van der Waals surface area (Å²) in [5, 5.41) is 3.17. The van der Waals surface area contributed by atoms with Gasteiger partial charge in [0.2, 0.25) is 10.0 Å². The van der Waals surface area contributed by atoms with Crippen LogP contribution in [0.3, 0.4) is 0 Å². The summed E-state index contributed by atoms with van der Waals surface area (Å²) in [4.78, 5) is 17.9. The largest absolute Gasteiger partial charge is 0.450 e. The maximum Gasteiger partial charge on any atom is 0.409 e. The fraction of sp³-hybridized carbons (Fsp3) is 0.529. The molecule has 0 bridgehead atoms. The van der Waals surface area contributed by atoms with E-state index in [1.54, 1.807) is 24.0 Å². The molecule has 28 heavy (non-hydrogen) atoms. The first-order chi connectivity index (χ1) is 12.9. The van der Waals surface area contributed by atoms with Crippen LogP contribution in [0, 0.1) is 0 Å². The number of nitrogens with one attached hydrogen (secondary N) is 2. The number of sulfonamides is 1. The average Bonchev–Trinajstić information content (AvgIpc) is 2.67. The first-order valence-corrected chi connectivity index (χ1v) is 10.3. The van der Waals surface area contributed by atoms with E-state index in [2.05, 4.69) is 15.0 Å². The number of likely N-dealkylation sites (tertiary alicyclic amines) is 1. The summed E-state index contributed by atoms with van der Waals surface area (Å²) >= 11 is 0. The molecule has 9 nitrogen and oxygen atoms in total. The quantitative estimate of drug-likeness (QED) is 0.292. The number of carbonyl (C=O) groups excluding carboxylic acids is 1. The van der Waals surface area contributed by atoms with Crippen LogP contribution < -0.4 is 15.8 Å². The standard InChI is InChI=1S/C17H27N5O4S.HI/c1-3-26-17(23)22-10-8-14(9-11-22)21-16(18)20-12-13-4-6-15(7-5-13)27(24,25)19-2;/h4-7,14,19H,3,8-12H2,1-2H3,(H3,18,20,21);1H. The van der Waals surface area contributed by atoms with Crippen LogP contribution in [0.2, 0.25) is 0 Å². The van der Waals surface area contributed by atoms with Crippen LogP contribution in [0.15, 0.2) is 34.2 Å². The topological polar surface area (TPSA) is 126 Å². The maximum absolute atomic E-state index is 11.7. The van der Waals surface area contributed by atoms with Gasteiger partial charge in [-0.15, -0.1) is 24.0 Å². The number of amides is 1. The van der Waals surface area contributed by atoms with Crippen molar-refractivity contribution in [2.24, 2.45) is 10.7 Å². The second-order valence-corrected chi connectivity index (χ2v) is 8.04. The normalized spacial score (nSPS) is 15.6. The van der Waals surface area contributed by atoms with Crippen LogP contribution >= 0.6 is 24.0 Å². The Hall–Kier alpha value is -1.60. The number of hydrogen-bond donors (Lipinski definition) is 3. The molecule has 0 aliphatic carbocycles. The highest BCUT2D eigenvalue weighted by molar-refractivity contribution is 14.0. The number of hydrogen-bond acceptors (Lipinski definition) is 5. The summed E-state index contributed by atoms with van der Waals surface area (Å²) < 4.78 is 30.7. The number of nitrogens with two attached hydrogens (primary N) is 1. The molecule has 1 aromatic rings. The third-order valence-electron chi connectivity index (χ3n) is 4.31. The molecule has 0 unspecified atom stereocenters. The molecule has 0 spiro atoms. The van der Waals surface area contributed by atoms with Crippen molar-refractivity contribution in [3.05, 3.63) is 29.8 Å². The lowest BCUT2D eigenvalue weighted by Crippen LogP contribution is -2.48. The van der Waals surface area contributed by atoms with Gasteiger partial charge in [0.25, 0.3) is 0 Å². The van der Waals surface area contributed by atoms with Gasteiger partial charge >= 0.3 is 6.09 Å². The predicted octanol–water partition coefficient (Wildman–Crippen LogP) is 1.24. The molecule has 0 aromatic heterocycles. The zero-order chi connectivity index (χ0) is 19.9. The number of ether oxygens (including phenoxy) is 1. The first kappa shape index (κ1) is 24.4. The second kappa shape index (κ2) is 11.4. The van der Waals surface area contributed by atoms with Crippen LogP contribution in [0.1, 0.15) is 25.3 Å². The highest BCUT2D eigenvalue weighted by Gasteiger charge is 2.23. The van der Waals surface area contributed by atoms with Crippen molar-refractivity contribution in [3.63, 3.8) is 0 Å². The van der Waals surface area contributed by atoms with Gasteiger partial charge < -0.3 is 20.7 Å². The van der Waals surface area contributed by atoms with E-state index < -0.39 is 10.0 Å². The molecule has 158 valence electrons. The zero-order valence-electron chi connectivity index (χ0n) is 16.1. The van der Waals surface area contributed by atoms with Crippen LogP contribution in [0.25, 0.3) is 0 Å². The lowest BCUT2D eigenvalue weighted by Gasteiger charge is -2.31. The van der Waals surface area contributed by atoms with Crippen molar-refractivity contribution in [3.8, 4) is 0 Å². The number of rotatable bonds is 6. The average molecular weight is 525 g/mol. The van der Waals surface area contributed by atoms with E-state index in [0.717, 1.165) is 18.4 Å². The number of aliphatic imine (C=N–C) groups is 1. The Labute approximate surface area is 183 Å². The van der Waals surface area contributed by atoms with Gasteiger partial charge in [0.05, 0.1) is 18.0 Å². The fourth-order valence-electron chi connectivity index (χ4n) is 2.74. The van der Waals surface area contributed by atoms with E-state index in [9.17, 15) is 13.2 Å². The lowest BCUT2D eigenvalue weighted by atomic mass is 10.1. The summed E-state index contributed by atoms with van der Waals surface area (Å²) in [7, 11) is -2.07. The molecule has 11 heteroatoms. The Morgan fingerprint density at radius 2 is 1.89 bits per heavy atom. The molecule has 1 amide bonds. The van der Waals surface area contributed by atoms with Crippen molar-refractivity contribution >= 4 is 46.1 Å². The highest BCUT2D eigenvalue weighted by Crippen LogP contribution is 2.12. The third-order valence-corrected chi connectivity index (χ3v) is 5.74. The zero-order valence-corrected chi connectivity index (χ0v) is 19.2. The number of carbonyl (C=O) groups is 1. The van der Waals surface area contributed by atoms with E-state index in [-0.39, 0.29) is 41.0 Å². The smallest absolute Gasteiger partial charge is 0.409 e. The molecule has 1 aliphatic heterocycles. The Bertz CT molecular complexity index is 762. The Morgan fingerprint density at radius 1 is 1.29 bits per heavy atom. The van der Waals surface area contributed by atoms with Gasteiger partial charge in [0.15, 0.2) is 5.96 Å². The molecule has 0 saturated carbocycles. The van der Waals surface area contributed by atoms with Crippen LogP contribution in [0.5, 0.6) is 0 Å². The van der Waals surface area contributed by atoms with Gasteiger partial charge in [-0.05, 0) is 44.5 Å². The van der Waals surface area contributed by atoms with E-state index in [4.69, 9.17) is 10.5 Å². The van der Waals surface area contributed by atoms with Crippen molar-refractivity contribution in [1.29, 1.82) is 0 Å². The highest BCUT2D eigenvalue weighted by atomic mass is 127. The summed E-state index contributed by atoms with van der Waals surface area (Å²) in [5.41, 5.74) is 6.80. The van der Waals surface area contributed by atoms with Gasteiger partial charge in [-0.1, -0.05) is 12.1 Å². The Balaban J connectivity index is 0.00000392. The van der Waals surface area contributed by atoms with Crippen LogP contribution in [-0.4, -0.2) is 58.2 Å². The predicted molar refractivity (Wildman–Crippen MR) is 118 cm³/mol. The molecule has 2 rings (SSSR count). The fourth-order valence-corrected chi connectivity index (χ4v) is 3.47. The first-order valence-electron chi connectivity index (χ1n) is 8.86. The van der Waals surface area contributed by atoms with E-state index in [0.29, 0.717) is 32.2 Å².